The number of nitrogens with one attached hydrogen (secondary N) is 1. The highest BCUT2D eigenvalue weighted by atomic mass is 35.5. The third-order valence-corrected chi connectivity index (χ3v) is 2.24. The van der Waals surface area contributed by atoms with Crippen molar-refractivity contribution in [3.8, 4) is 0 Å². The van der Waals surface area contributed by atoms with Gasteiger partial charge in [-0.25, -0.2) is 0 Å². The van der Waals surface area contributed by atoms with Crippen molar-refractivity contribution in [3.63, 3.8) is 0 Å². The Bertz CT molecular complexity index is 496. The van der Waals surface area contributed by atoms with E-state index in [1.54, 1.807) is 0 Å². The molecule has 0 fully saturated rings. The van der Waals surface area contributed by atoms with E-state index in [-0.39, 0.29) is 5.56 Å². The average Bonchev–Trinajstić information content (AvgIpc) is 2.17. The van der Waals surface area contributed by atoms with E-state index in [0.717, 1.165) is 0 Å². The highest BCUT2D eigenvalue weighted by molar-refractivity contribution is 6.72. The van der Waals surface area contributed by atoms with Crippen LogP contribution < -0.4 is 5.32 Å². The molecule has 0 unspecified atom stereocenters. The summed E-state index contributed by atoms with van der Waals surface area (Å²) >= 11 is 5.70. The third kappa shape index (κ3) is 1.46. The van der Waals surface area contributed by atoms with Gasteiger partial charge >= 0.3 is 0 Å². The van der Waals surface area contributed by atoms with Crippen LogP contribution in [0.3, 0.4) is 0 Å². The maximum absolute atomic E-state index is 11.6. The minimum absolute atomic E-state index is 0.256. The van der Waals surface area contributed by atoms with Gasteiger partial charge in [-0.1, -0.05) is 16.8 Å². The molecule has 0 saturated carbocycles. The summed E-state index contributed by atoms with van der Waals surface area (Å²) in [7, 11) is 0. The monoisotopic (exact) mass is 224 g/mol. The van der Waals surface area contributed by atoms with Crippen LogP contribution >= 0.6 is 11.6 Å². The quantitative estimate of drug-likeness (QED) is 0.515. The molecule has 1 aliphatic rings. The fourth-order valence-electron chi connectivity index (χ4n) is 1.32. The van der Waals surface area contributed by atoms with Crippen molar-refractivity contribution in [2.24, 2.45) is 5.16 Å². The maximum Gasteiger partial charge on any atom is 0.281 e. The Balaban J connectivity index is 2.60. The number of ketones is 1. The molecule has 15 heavy (non-hydrogen) atoms. The number of halogens is 1. The number of hydrogen-bond donors (Lipinski definition) is 2. The average molecular weight is 225 g/mol. The van der Waals surface area contributed by atoms with Gasteiger partial charge in [0.05, 0.1) is 5.69 Å². The topological polar surface area (TPSA) is 78.8 Å². The Labute approximate surface area is 89.3 Å². The molecule has 76 valence electrons. The predicted octanol–water partition coefficient (Wildman–Crippen LogP) is 1.30. The van der Waals surface area contributed by atoms with Gasteiger partial charge in [0.25, 0.3) is 5.91 Å². The van der Waals surface area contributed by atoms with Crippen LogP contribution in [0.25, 0.3) is 0 Å². The first kappa shape index (κ1) is 9.67. The lowest BCUT2D eigenvalue weighted by Gasteiger charge is -2.15. The van der Waals surface area contributed by atoms with Crippen molar-refractivity contribution in [1.29, 1.82) is 0 Å². The van der Waals surface area contributed by atoms with Crippen LogP contribution in [-0.2, 0) is 4.79 Å². The van der Waals surface area contributed by atoms with E-state index in [2.05, 4.69) is 10.5 Å². The van der Waals surface area contributed by atoms with Crippen molar-refractivity contribution in [3.05, 3.63) is 28.8 Å². The van der Waals surface area contributed by atoms with E-state index >= 15 is 0 Å². The van der Waals surface area contributed by atoms with Crippen molar-refractivity contribution in [1.82, 2.24) is 0 Å². The normalized spacial score (nSPS) is 17.5. The summed E-state index contributed by atoms with van der Waals surface area (Å²) in [4.78, 5) is 22.8. The summed E-state index contributed by atoms with van der Waals surface area (Å²) in [6, 6.07) is 4.44. The summed E-state index contributed by atoms with van der Waals surface area (Å²) in [6.45, 7) is 0. The fraction of sp³-hybridized carbons (Fsp3) is 0. The predicted molar refractivity (Wildman–Crippen MR) is 53.6 cm³/mol. The standard InChI is InChI=1S/C9H5ClN2O3/c10-4-1-2-5-6(3-4)11-9(14)7(12-15)8(5)13/h1-3,15H,(H,11,14). The molecule has 0 bridgehead atoms. The molecule has 5 nitrogen and oxygen atoms in total. The number of hydrogen-bond acceptors (Lipinski definition) is 4. The van der Waals surface area contributed by atoms with Crippen LogP contribution in [-0.4, -0.2) is 22.6 Å². The van der Waals surface area contributed by atoms with Gasteiger partial charge in [-0.2, -0.15) is 0 Å². The van der Waals surface area contributed by atoms with Crippen LogP contribution in [0.5, 0.6) is 0 Å². The highest BCUT2D eigenvalue weighted by Crippen LogP contribution is 2.24. The van der Waals surface area contributed by atoms with E-state index in [0.29, 0.717) is 10.7 Å². The molecule has 0 spiro atoms. The van der Waals surface area contributed by atoms with Gasteiger partial charge in [0, 0.05) is 10.6 Å². The zero-order valence-corrected chi connectivity index (χ0v) is 8.08. The van der Waals surface area contributed by atoms with E-state index < -0.39 is 17.4 Å². The van der Waals surface area contributed by atoms with Gasteiger partial charge in [0.2, 0.25) is 11.5 Å². The molecule has 2 N–H and O–H groups in total. The maximum atomic E-state index is 11.6. The molecular weight excluding hydrogens is 220 g/mol. The number of anilines is 1. The number of amides is 1. The van der Waals surface area contributed by atoms with Gasteiger partial charge in [-0.05, 0) is 18.2 Å². The number of Topliss-reactive ketones (excluding diaryl/α,β-unsaturated/α-hetero) is 1. The number of carbonyl (C=O) groups excluding carboxylic acids is 2. The molecular formula is C9H5ClN2O3. The van der Waals surface area contributed by atoms with Crippen LogP contribution in [0.15, 0.2) is 23.4 Å². The molecule has 2 rings (SSSR count). The minimum Gasteiger partial charge on any atom is -0.410 e. The van der Waals surface area contributed by atoms with E-state index in [4.69, 9.17) is 16.8 Å². The van der Waals surface area contributed by atoms with Crippen LogP contribution in [0, 0.1) is 0 Å². The molecule has 0 saturated heterocycles. The first-order chi connectivity index (χ1) is 7.13. The molecule has 1 aliphatic heterocycles. The summed E-state index contributed by atoms with van der Waals surface area (Å²) in [5.41, 5.74) is 0.0570. The smallest absolute Gasteiger partial charge is 0.281 e. The van der Waals surface area contributed by atoms with Crippen LogP contribution in [0.4, 0.5) is 5.69 Å². The zero-order chi connectivity index (χ0) is 11.0. The number of fused-ring (bicyclic) bond motifs is 1. The lowest BCUT2D eigenvalue weighted by atomic mass is 10.0. The molecule has 1 heterocycles. The molecule has 0 atom stereocenters. The lowest BCUT2D eigenvalue weighted by Crippen LogP contribution is -2.35. The second-order valence-electron chi connectivity index (χ2n) is 2.92. The Kier molecular flexibility index (Phi) is 2.17. The van der Waals surface area contributed by atoms with Gasteiger partial charge in [-0.15, -0.1) is 0 Å². The first-order valence-corrected chi connectivity index (χ1v) is 4.39. The lowest BCUT2D eigenvalue weighted by molar-refractivity contribution is -0.110. The summed E-state index contributed by atoms with van der Waals surface area (Å²) in [5.74, 6) is -1.36. The number of carbonyl (C=O) groups is 2. The molecule has 0 aromatic heterocycles. The Morgan fingerprint density at radius 1 is 1.33 bits per heavy atom. The Morgan fingerprint density at radius 3 is 2.73 bits per heavy atom. The molecule has 1 aromatic carbocycles. The van der Waals surface area contributed by atoms with Gasteiger partial charge in [0.1, 0.15) is 0 Å². The minimum atomic E-state index is -0.739. The Hall–Kier alpha value is -1.88. The molecule has 0 aliphatic carbocycles. The van der Waals surface area contributed by atoms with Crippen molar-refractivity contribution in [2.45, 2.75) is 0 Å². The van der Waals surface area contributed by atoms with Gasteiger partial charge in [-0.3, -0.25) is 9.59 Å². The molecule has 1 amide bonds. The van der Waals surface area contributed by atoms with Crippen molar-refractivity contribution in [2.75, 3.05) is 5.32 Å². The number of rotatable bonds is 0. The number of oxime groups is 1. The zero-order valence-electron chi connectivity index (χ0n) is 7.32. The largest absolute Gasteiger partial charge is 0.410 e. The molecule has 0 radical (unpaired) electrons. The Morgan fingerprint density at radius 2 is 2.07 bits per heavy atom. The molecule has 6 heteroatoms. The summed E-state index contributed by atoms with van der Waals surface area (Å²) in [6.07, 6.45) is 0. The van der Waals surface area contributed by atoms with Gasteiger partial charge < -0.3 is 10.5 Å². The highest BCUT2D eigenvalue weighted by Gasteiger charge is 2.30. The molecule has 1 aromatic rings. The number of nitrogens with zero attached hydrogens (tertiary/aromatic N) is 1. The van der Waals surface area contributed by atoms with E-state index in [1.165, 1.54) is 18.2 Å². The van der Waals surface area contributed by atoms with Crippen LogP contribution in [0.1, 0.15) is 10.4 Å². The third-order valence-electron chi connectivity index (χ3n) is 2.00. The number of benzene rings is 1. The summed E-state index contributed by atoms with van der Waals surface area (Å²) < 4.78 is 0. The first-order valence-electron chi connectivity index (χ1n) is 4.01. The summed E-state index contributed by atoms with van der Waals surface area (Å²) in [5, 5.41) is 14.0. The van der Waals surface area contributed by atoms with Crippen LogP contribution in [0.2, 0.25) is 5.02 Å². The fourth-order valence-corrected chi connectivity index (χ4v) is 1.49. The van der Waals surface area contributed by atoms with E-state index in [9.17, 15) is 9.59 Å². The second-order valence-corrected chi connectivity index (χ2v) is 3.36. The second kappa shape index (κ2) is 3.36. The SMILES string of the molecule is O=C1Nc2cc(Cl)ccc2C(=O)C1=NO. The van der Waals surface area contributed by atoms with Gasteiger partial charge in [0.15, 0.2) is 0 Å². The van der Waals surface area contributed by atoms with E-state index in [1.807, 2.05) is 0 Å². The van der Waals surface area contributed by atoms with Crippen molar-refractivity contribution < 1.29 is 14.8 Å². The van der Waals surface area contributed by atoms with Crippen molar-refractivity contribution >= 4 is 34.7 Å².